The maximum Gasteiger partial charge on any atom is 0.368 e. The minimum atomic E-state index is -4.68. The highest BCUT2D eigenvalue weighted by atomic mass is 32.2. The second-order valence-electron chi connectivity index (χ2n) is 2.13. The fraction of sp³-hybridized carbons (Fsp3) is 0. The van der Waals surface area contributed by atoms with Crippen molar-refractivity contribution in [1.82, 2.24) is 4.98 Å². The summed E-state index contributed by atoms with van der Waals surface area (Å²) in [4.78, 5) is 14.3. The van der Waals surface area contributed by atoms with E-state index in [1.807, 2.05) is 5.32 Å². The summed E-state index contributed by atoms with van der Waals surface area (Å²) in [5.74, 6) is 0. The van der Waals surface area contributed by atoms with E-state index < -0.39 is 15.4 Å². The molecule has 0 fully saturated rings. The topological polar surface area (TPSA) is 96.4 Å². The minimum Gasteiger partial charge on any atom is -0.309 e. The van der Waals surface area contributed by atoms with E-state index in [1.54, 1.807) is 0 Å². The van der Waals surface area contributed by atoms with Crippen LogP contribution in [0, 0.1) is 0 Å². The molecule has 13 heavy (non-hydrogen) atoms. The van der Waals surface area contributed by atoms with E-state index in [0.717, 1.165) is 0 Å². The fourth-order valence-electron chi connectivity index (χ4n) is 0.619. The molecule has 0 saturated heterocycles. The lowest BCUT2D eigenvalue weighted by atomic mass is 10.4. The molecule has 0 aliphatic heterocycles. The van der Waals surface area contributed by atoms with Gasteiger partial charge in [-0.2, -0.15) is 8.42 Å². The van der Waals surface area contributed by atoms with Crippen molar-refractivity contribution >= 4 is 21.0 Å². The Kier molecular flexibility index (Phi) is 2.59. The monoisotopic (exact) mass is 202 g/mol. The standard InChI is InChI=1S/C6H6N2O4S/c9-6(13(10,11)12)8-5-2-1-3-7-4-5/h1-4H,(H,8,9)(H,10,11,12). The fourth-order valence-corrected chi connectivity index (χ4v) is 0.866. The van der Waals surface area contributed by atoms with Crippen LogP contribution in [0.4, 0.5) is 10.5 Å². The Labute approximate surface area is 74.4 Å². The lowest BCUT2D eigenvalue weighted by Crippen LogP contribution is -2.20. The second kappa shape index (κ2) is 3.50. The maximum absolute atomic E-state index is 10.7. The highest BCUT2D eigenvalue weighted by molar-refractivity contribution is 8.01. The molecule has 0 unspecified atom stereocenters. The predicted molar refractivity (Wildman–Crippen MR) is 44.8 cm³/mol. The van der Waals surface area contributed by atoms with Gasteiger partial charge in [0.2, 0.25) is 0 Å². The van der Waals surface area contributed by atoms with Gasteiger partial charge in [-0.1, -0.05) is 0 Å². The quantitative estimate of drug-likeness (QED) is 0.646. The van der Waals surface area contributed by atoms with Crippen molar-refractivity contribution in [2.45, 2.75) is 0 Å². The molecule has 2 N–H and O–H groups in total. The Bertz CT molecular complexity index is 400. The molecule has 1 heterocycles. The average Bonchev–Trinajstić information content (AvgIpc) is 2.04. The molecule has 0 saturated carbocycles. The molecule has 70 valence electrons. The van der Waals surface area contributed by atoms with Gasteiger partial charge in [0.05, 0.1) is 11.9 Å². The molecule has 0 aliphatic carbocycles. The molecule has 1 aromatic rings. The molecule has 1 aromatic heterocycles. The van der Waals surface area contributed by atoms with E-state index in [2.05, 4.69) is 4.98 Å². The number of pyridine rings is 1. The van der Waals surface area contributed by atoms with Gasteiger partial charge in [0.25, 0.3) is 0 Å². The zero-order valence-corrected chi connectivity index (χ0v) is 7.15. The minimum absolute atomic E-state index is 0.199. The van der Waals surface area contributed by atoms with Gasteiger partial charge >= 0.3 is 15.4 Å². The number of amides is 1. The molecule has 0 bridgehead atoms. The average molecular weight is 202 g/mol. The third-order valence-corrected chi connectivity index (χ3v) is 1.71. The van der Waals surface area contributed by atoms with Crippen LogP contribution in [0.25, 0.3) is 0 Å². The van der Waals surface area contributed by atoms with Crippen LogP contribution < -0.4 is 5.32 Å². The number of rotatable bonds is 1. The van der Waals surface area contributed by atoms with Crippen LogP contribution in [0.5, 0.6) is 0 Å². The van der Waals surface area contributed by atoms with E-state index in [9.17, 15) is 13.2 Å². The largest absolute Gasteiger partial charge is 0.368 e. The molecular weight excluding hydrogens is 196 g/mol. The van der Waals surface area contributed by atoms with E-state index in [1.165, 1.54) is 24.5 Å². The highest BCUT2D eigenvalue weighted by Gasteiger charge is 2.17. The first-order valence-electron chi connectivity index (χ1n) is 3.18. The van der Waals surface area contributed by atoms with Gasteiger partial charge in [-0.25, -0.2) is 0 Å². The lowest BCUT2D eigenvalue weighted by Gasteiger charge is -1.99. The van der Waals surface area contributed by atoms with Gasteiger partial charge in [-0.05, 0) is 12.1 Å². The third kappa shape index (κ3) is 2.80. The third-order valence-electron chi connectivity index (χ3n) is 1.14. The summed E-state index contributed by atoms with van der Waals surface area (Å²) in [6, 6.07) is 2.95. The van der Waals surface area contributed by atoms with Gasteiger partial charge in [0.15, 0.2) is 0 Å². The van der Waals surface area contributed by atoms with Gasteiger partial charge < -0.3 is 5.32 Å². The number of carbonyl (C=O) groups excluding carboxylic acids is 1. The number of hydrogen-bond acceptors (Lipinski definition) is 4. The Hall–Kier alpha value is -1.47. The van der Waals surface area contributed by atoms with Gasteiger partial charge in [0.1, 0.15) is 0 Å². The summed E-state index contributed by atoms with van der Waals surface area (Å²) in [5, 5.41) is 0.471. The number of aromatic nitrogens is 1. The van der Waals surface area contributed by atoms with Crippen molar-refractivity contribution in [2.24, 2.45) is 0 Å². The van der Waals surface area contributed by atoms with Crippen LogP contribution in [-0.2, 0) is 10.1 Å². The van der Waals surface area contributed by atoms with Crippen molar-refractivity contribution in [3.05, 3.63) is 24.5 Å². The van der Waals surface area contributed by atoms with E-state index in [4.69, 9.17) is 4.55 Å². The van der Waals surface area contributed by atoms with Crippen LogP contribution in [0.1, 0.15) is 0 Å². The molecule has 0 radical (unpaired) electrons. The van der Waals surface area contributed by atoms with Crippen molar-refractivity contribution < 1.29 is 17.8 Å². The molecule has 7 heteroatoms. The zero-order valence-electron chi connectivity index (χ0n) is 6.34. The van der Waals surface area contributed by atoms with Crippen LogP contribution in [-0.4, -0.2) is 23.2 Å². The summed E-state index contributed by atoms with van der Waals surface area (Å²) < 4.78 is 28.8. The lowest BCUT2D eigenvalue weighted by molar-refractivity contribution is 0.265. The van der Waals surface area contributed by atoms with Crippen molar-refractivity contribution in [1.29, 1.82) is 0 Å². The molecule has 0 spiro atoms. The van der Waals surface area contributed by atoms with Crippen LogP contribution in [0.2, 0.25) is 0 Å². The highest BCUT2D eigenvalue weighted by Crippen LogP contribution is 2.03. The smallest absolute Gasteiger partial charge is 0.309 e. The first kappa shape index (κ1) is 9.62. The van der Waals surface area contributed by atoms with E-state index >= 15 is 0 Å². The van der Waals surface area contributed by atoms with Gasteiger partial charge in [0, 0.05) is 6.20 Å². The summed E-state index contributed by atoms with van der Waals surface area (Å²) in [6.45, 7) is 0. The Balaban J connectivity index is 2.78. The summed E-state index contributed by atoms with van der Waals surface area (Å²) in [5.41, 5.74) is 0.199. The van der Waals surface area contributed by atoms with Crippen molar-refractivity contribution in [2.75, 3.05) is 5.32 Å². The maximum atomic E-state index is 10.7. The first-order chi connectivity index (χ1) is 6.00. The Morgan fingerprint density at radius 2 is 2.23 bits per heavy atom. The number of nitrogens with one attached hydrogen (secondary N) is 1. The van der Waals surface area contributed by atoms with Gasteiger partial charge in [-0.3, -0.25) is 14.3 Å². The molecule has 0 atom stereocenters. The summed E-state index contributed by atoms with van der Waals surface area (Å²) in [7, 11) is -4.68. The molecule has 0 aromatic carbocycles. The SMILES string of the molecule is O=C(Nc1cccnc1)S(=O)(=O)O. The normalized spacial score (nSPS) is 10.8. The molecule has 6 nitrogen and oxygen atoms in total. The molecular formula is C6H6N2O4S. The van der Waals surface area contributed by atoms with Crippen LogP contribution in [0.15, 0.2) is 24.5 Å². The summed E-state index contributed by atoms with van der Waals surface area (Å²) >= 11 is 0. The van der Waals surface area contributed by atoms with Gasteiger partial charge in [-0.15, -0.1) is 0 Å². The van der Waals surface area contributed by atoms with E-state index in [0.29, 0.717) is 0 Å². The predicted octanol–water partition coefficient (Wildman–Crippen LogP) is 0.501. The number of anilines is 1. The first-order valence-corrected chi connectivity index (χ1v) is 4.62. The second-order valence-corrected chi connectivity index (χ2v) is 3.45. The Morgan fingerprint density at radius 1 is 1.54 bits per heavy atom. The molecule has 1 rings (SSSR count). The zero-order chi connectivity index (χ0) is 9.90. The summed E-state index contributed by atoms with van der Waals surface area (Å²) in [6.07, 6.45) is 2.71. The number of nitrogens with zero attached hydrogens (tertiary/aromatic N) is 1. The number of carbonyl (C=O) groups is 1. The Morgan fingerprint density at radius 3 is 2.69 bits per heavy atom. The molecule has 1 amide bonds. The molecule has 0 aliphatic rings. The van der Waals surface area contributed by atoms with E-state index in [-0.39, 0.29) is 5.69 Å². The van der Waals surface area contributed by atoms with Crippen LogP contribution in [0.3, 0.4) is 0 Å². The van der Waals surface area contributed by atoms with Crippen molar-refractivity contribution in [3.8, 4) is 0 Å². The number of hydrogen-bond donors (Lipinski definition) is 2. The van der Waals surface area contributed by atoms with Crippen LogP contribution >= 0.6 is 0 Å². The van der Waals surface area contributed by atoms with Crippen molar-refractivity contribution in [3.63, 3.8) is 0 Å².